The number of hydrogen-bond acceptors (Lipinski definition) is 4. The van der Waals surface area contributed by atoms with Crippen molar-refractivity contribution in [3.63, 3.8) is 0 Å². The number of amides is 1. The van der Waals surface area contributed by atoms with Crippen molar-refractivity contribution in [3.05, 3.63) is 24.0 Å². The molecule has 2 unspecified atom stereocenters. The molecule has 4 nitrogen and oxygen atoms in total. The number of nitrogens with zero attached hydrogens (tertiary/aromatic N) is 1. The van der Waals surface area contributed by atoms with Crippen LogP contribution in [-0.2, 0) is 11.2 Å². The van der Waals surface area contributed by atoms with Crippen LogP contribution in [0.1, 0.15) is 31.9 Å². The maximum absolute atomic E-state index is 12.0. The van der Waals surface area contributed by atoms with Crippen molar-refractivity contribution < 1.29 is 4.79 Å². The van der Waals surface area contributed by atoms with Crippen LogP contribution in [0.15, 0.2) is 18.3 Å². The second-order valence-corrected chi connectivity index (χ2v) is 6.37. The minimum atomic E-state index is 0. The summed E-state index contributed by atoms with van der Waals surface area (Å²) < 4.78 is 0. The van der Waals surface area contributed by atoms with Gasteiger partial charge in [-0.05, 0) is 30.7 Å². The molecule has 0 bridgehead atoms. The quantitative estimate of drug-likeness (QED) is 0.875. The lowest BCUT2D eigenvalue weighted by Gasteiger charge is -2.20. The number of nitrogen functional groups attached to an aromatic ring is 1. The lowest BCUT2D eigenvalue weighted by molar-refractivity contribution is -0.121. The van der Waals surface area contributed by atoms with Gasteiger partial charge in [-0.2, -0.15) is 11.8 Å². The van der Waals surface area contributed by atoms with Crippen LogP contribution in [0.25, 0.3) is 0 Å². The maximum atomic E-state index is 12.0. The van der Waals surface area contributed by atoms with Crippen molar-refractivity contribution in [3.8, 4) is 0 Å². The lowest BCUT2D eigenvalue weighted by atomic mass is 10.2. The van der Waals surface area contributed by atoms with Gasteiger partial charge in [0, 0.05) is 17.0 Å². The van der Waals surface area contributed by atoms with E-state index in [2.05, 4.69) is 17.2 Å². The molecule has 1 aliphatic rings. The summed E-state index contributed by atoms with van der Waals surface area (Å²) in [4.78, 5) is 16.2. The molecule has 1 amide bonds. The van der Waals surface area contributed by atoms with Crippen molar-refractivity contribution in [2.45, 2.75) is 43.9 Å². The van der Waals surface area contributed by atoms with Gasteiger partial charge in [0.05, 0.1) is 18.3 Å². The molecule has 1 aromatic rings. The summed E-state index contributed by atoms with van der Waals surface area (Å²) in [6, 6.07) is 3.91. The summed E-state index contributed by atoms with van der Waals surface area (Å²) in [5, 5.41) is 3.72. The Kier molecular flexibility index (Phi) is 7.16. The van der Waals surface area contributed by atoms with Gasteiger partial charge in [0.2, 0.25) is 5.91 Å². The van der Waals surface area contributed by atoms with E-state index in [9.17, 15) is 4.79 Å². The molecular formula is C14H22ClN3OS. The number of hydrogen-bond donors (Lipinski definition) is 2. The van der Waals surface area contributed by atoms with Crippen LogP contribution in [0.5, 0.6) is 0 Å². The van der Waals surface area contributed by atoms with E-state index in [1.54, 1.807) is 12.3 Å². The number of halogens is 1. The molecule has 3 N–H and O–H groups in total. The van der Waals surface area contributed by atoms with Gasteiger partial charge in [0.15, 0.2) is 0 Å². The molecule has 20 heavy (non-hydrogen) atoms. The van der Waals surface area contributed by atoms with E-state index < -0.39 is 0 Å². The highest BCUT2D eigenvalue weighted by Crippen LogP contribution is 2.29. The molecule has 0 aromatic carbocycles. The van der Waals surface area contributed by atoms with Crippen molar-refractivity contribution in [1.82, 2.24) is 10.3 Å². The molecule has 0 radical (unpaired) electrons. The van der Waals surface area contributed by atoms with E-state index in [1.165, 1.54) is 12.8 Å². The van der Waals surface area contributed by atoms with Gasteiger partial charge in [-0.25, -0.2) is 0 Å². The number of carbonyl (C=O) groups is 1. The van der Waals surface area contributed by atoms with Gasteiger partial charge >= 0.3 is 0 Å². The van der Waals surface area contributed by atoms with Gasteiger partial charge in [0.25, 0.3) is 0 Å². The summed E-state index contributed by atoms with van der Waals surface area (Å²) in [5.41, 5.74) is 6.97. The molecule has 2 atom stereocenters. The third-order valence-corrected chi connectivity index (χ3v) is 4.69. The predicted molar refractivity (Wildman–Crippen MR) is 87.3 cm³/mol. The summed E-state index contributed by atoms with van der Waals surface area (Å²) in [6.45, 7) is 2.17. The summed E-state index contributed by atoms with van der Waals surface area (Å²) >= 11 is 1.95. The SMILES string of the molecule is CCSC1CCCC1NC(=O)Cc1ccc(N)cn1.Cl. The molecule has 1 saturated carbocycles. The van der Waals surface area contributed by atoms with Crippen LogP contribution in [0.2, 0.25) is 0 Å². The first-order chi connectivity index (χ1) is 9.19. The Bertz CT molecular complexity index is 427. The zero-order valence-corrected chi connectivity index (χ0v) is 13.3. The molecule has 1 aromatic heterocycles. The van der Waals surface area contributed by atoms with Crippen molar-refractivity contribution in [2.75, 3.05) is 11.5 Å². The van der Waals surface area contributed by atoms with Crippen LogP contribution in [0.4, 0.5) is 5.69 Å². The van der Waals surface area contributed by atoms with E-state index in [4.69, 9.17) is 5.73 Å². The monoisotopic (exact) mass is 315 g/mol. The largest absolute Gasteiger partial charge is 0.397 e. The van der Waals surface area contributed by atoms with E-state index in [0.29, 0.717) is 23.4 Å². The van der Waals surface area contributed by atoms with Crippen molar-refractivity contribution in [1.29, 1.82) is 0 Å². The molecular weight excluding hydrogens is 294 g/mol. The number of rotatable bonds is 5. The molecule has 0 aliphatic heterocycles. The number of pyridine rings is 1. The fourth-order valence-electron chi connectivity index (χ4n) is 2.47. The second kappa shape index (κ2) is 8.37. The van der Waals surface area contributed by atoms with E-state index in [1.807, 2.05) is 17.8 Å². The fourth-order valence-corrected chi connectivity index (χ4v) is 3.67. The minimum Gasteiger partial charge on any atom is -0.397 e. The molecule has 0 saturated heterocycles. The van der Waals surface area contributed by atoms with Gasteiger partial charge in [0.1, 0.15) is 0 Å². The van der Waals surface area contributed by atoms with Crippen LogP contribution in [-0.4, -0.2) is 27.9 Å². The van der Waals surface area contributed by atoms with Crippen LogP contribution >= 0.6 is 24.2 Å². The Labute approximate surface area is 130 Å². The smallest absolute Gasteiger partial charge is 0.226 e. The first kappa shape index (κ1) is 17.1. The first-order valence-electron chi connectivity index (χ1n) is 6.80. The maximum Gasteiger partial charge on any atom is 0.226 e. The summed E-state index contributed by atoms with van der Waals surface area (Å²) in [6.07, 6.45) is 5.44. The molecule has 1 fully saturated rings. The molecule has 6 heteroatoms. The van der Waals surface area contributed by atoms with Crippen molar-refractivity contribution in [2.24, 2.45) is 0 Å². The molecule has 1 heterocycles. The number of carbonyl (C=O) groups excluding carboxylic acids is 1. The highest BCUT2D eigenvalue weighted by atomic mass is 35.5. The Balaban J connectivity index is 0.00000200. The lowest BCUT2D eigenvalue weighted by Crippen LogP contribution is -2.39. The number of aromatic nitrogens is 1. The van der Waals surface area contributed by atoms with Crippen LogP contribution in [0, 0.1) is 0 Å². The topological polar surface area (TPSA) is 68.0 Å². The van der Waals surface area contributed by atoms with Gasteiger partial charge in [-0.15, -0.1) is 12.4 Å². The predicted octanol–water partition coefficient (Wildman–Crippen LogP) is 2.42. The van der Waals surface area contributed by atoms with E-state index in [0.717, 1.165) is 17.9 Å². The number of anilines is 1. The molecule has 112 valence electrons. The highest BCUT2D eigenvalue weighted by Gasteiger charge is 2.28. The van der Waals surface area contributed by atoms with E-state index in [-0.39, 0.29) is 18.3 Å². The average Bonchev–Trinajstić information content (AvgIpc) is 2.80. The van der Waals surface area contributed by atoms with Crippen LogP contribution < -0.4 is 11.1 Å². The number of nitrogens with two attached hydrogens (primary N) is 1. The Morgan fingerprint density at radius 3 is 2.95 bits per heavy atom. The second-order valence-electron chi connectivity index (χ2n) is 4.86. The first-order valence-corrected chi connectivity index (χ1v) is 7.85. The molecule has 1 aliphatic carbocycles. The van der Waals surface area contributed by atoms with Crippen molar-refractivity contribution >= 4 is 35.8 Å². The molecule has 2 rings (SSSR count). The summed E-state index contributed by atoms with van der Waals surface area (Å²) in [7, 11) is 0. The minimum absolute atomic E-state index is 0. The van der Waals surface area contributed by atoms with Gasteiger partial charge in [-0.3, -0.25) is 9.78 Å². The normalized spacial score (nSPS) is 21.2. The fraction of sp³-hybridized carbons (Fsp3) is 0.571. The third-order valence-electron chi connectivity index (χ3n) is 3.37. The van der Waals surface area contributed by atoms with Gasteiger partial charge < -0.3 is 11.1 Å². The summed E-state index contributed by atoms with van der Waals surface area (Å²) in [5.74, 6) is 1.17. The van der Waals surface area contributed by atoms with Gasteiger partial charge in [-0.1, -0.05) is 13.3 Å². The van der Waals surface area contributed by atoms with Crippen LogP contribution in [0.3, 0.4) is 0 Å². The average molecular weight is 316 g/mol. The molecule has 0 spiro atoms. The Hall–Kier alpha value is -0.940. The number of nitrogens with one attached hydrogen (secondary N) is 1. The zero-order chi connectivity index (χ0) is 13.7. The Morgan fingerprint density at radius 2 is 2.30 bits per heavy atom. The standard InChI is InChI=1S/C14H21N3OS.ClH/c1-2-19-13-5-3-4-12(13)17-14(18)8-11-7-6-10(15)9-16-11;/h6-7,9,12-13H,2-5,8,15H2,1H3,(H,17,18);1H. The highest BCUT2D eigenvalue weighted by molar-refractivity contribution is 7.99. The zero-order valence-electron chi connectivity index (χ0n) is 11.7. The Morgan fingerprint density at radius 1 is 1.50 bits per heavy atom. The number of thioether (sulfide) groups is 1. The third kappa shape index (κ3) is 4.87. The van der Waals surface area contributed by atoms with E-state index >= 15 is 0 Å².